The Morgan fingerprint density at radius 3 is 2.70 bits per heavy atom. The van der Waals surface area contributed by atoms with Gasteiger partial charge >= 0.3 is 0 Å². The Morgan fingerprint density at radius 2 is 1.88 bits per heavy atom. The fourth-order valence-electron chi connectivity index (χ4n) is 4.69. The van der Waals surface area contributed by atoms with E-state index in [0.717, 1.165) is 52.0 Å². The van der Waals surface area contributed by atoms with E-state index in [1.165, 1.54) is 12.8 Å². The molecule has 4 aromatic rings. The minimum Gasteiger partial charge on any atom is -0.357 e. The molecule has 7 nitrogen and oxygen atoms in total. The number of halogens is 1. The smallest absolute Gasteiger partial charge is 0.250 e. The van der Waals surface area contributed by atoms with Gasteiger partial charge in [0.1, 0.15) is 18.1 Å². The molecule has 0 spiro atoms. The van der Waals surface area contributed by atoms with E-state index in [0.29, 0.717) is 6.54 Å². The van der Waals surface area contributed by atoms with Gasteiger partial charge in [0.15, 0.2) is 0 Å². The summed E-state index contributed by atoms with van der Waals surface area (Å²) in [5.74, 6) is 1.07. The summed E-state index contributed by atoms with van der Waals surface area (Å²) in [6, 6.07) is 18.8. The van der Waals surface area contributed by atoms with Gasteiger partial charge in [-0.15, -0.1) is 9.80 Å². The van der Waals surface area contributed by atoms with Crippen molar-refractivity contribution >= 4 is 23.1 Å². The number of fused-ring (bicyclic) bond motifs is 3. The van der Waals surface area contributed by atoms with E-state index < -0.39 is 0 Å². The minimum absolute atomic E-state index is 0.680. The SMILES string of the molecule is CN(c1cccc(-c2ccc(N3CCCC3)nc2)c1)N1Cc2cc(Cl)ccc2-[n+]2cncn21. The van der Waals surface area contributed by atoms with Crippen LogP contribution in [0, 0.1) is 0 Å². The molecule has 2 aliphatic rings. The lowest BCUT2D eigenvalue weighted by Gasteiger charge is -2.33. The van der Waals surface area contributed by atoms with E-state index in [4.69, 9.17) is 16.6 Å². The molecule has 2 aromatic heterocycles. The number of hydrogen-bond donors (Lipinski definition) is 0. The zero-order valence-electron chi connectivity index (χ0n) is 18.5. The molecule has 0 aliphatic carbocycles. The highest BCUT2D eigenvalue weighted by molar-refractivity contribution is 6.30. The molecule has 0 radical (unpaired) electrons. The molecule has 4 heterocycles. The number of benzene rings is 2. The lowest BCUT2D eigenvalue weighted by Crippen LogP contribution is -2.61. The van der Waals surface area contributed by atoms with Crippen LogP contribution in [0.2, 0.25) is 5.02 Å². The first kappa shape index (κ1) is 20.1. The molecule has 2 aliphatic heterocycles. The minimum atomic E-state index is 0.680. The van der Waals surface area contributed by atoms with Gasteiger partial charge in [-0.3, -0.25) is 0 Å². The average molecular weight is 459 g/mol. The highest BCUT2D eigenvalue weighted by atomic mass is 35.5. The maximum atomic E-state index is 6.29. The van der Waals surface area contributed by atoms with Gasteiger partial charge in [0, 0.05) is 42.5 Å². The third-order valence-electron chi connectivity index (χ3n) is 6.48. The van der Waals surface area contributed by atoms with Crippen LogP contribution in [-0.2, 0) is 6.54 Å². The lowest BCUT2D eigenvalue weighted by atomic mass is 10.1. The molecular weight excluding hydrogens is 434 g/mol. The molecule has 8 heteroatoms. The second-order valence-corrected chi connectivity index (χ2v) is 8.96. The van der Waals surface area contributed by atoms with Crippen LogP contribution in [-0.4, -0.2) is 34.9 Å². The van der Waals surface area contributed by atoms with E-state index in [1.54, 1.807) is 0 Å². The lowest BCUT2D eigenvalue weighted by molar-refractivity contribution is -0.690. The number of hydrogen-bond acceptors (Lipinski definition) is 5. The quantitative estimate of drug-likeness (QED) is 0.433. The highest BCUT2D eigenvalue weighted by Gasteiger charge is 2.30. The first-order valence-corrected chi connectivity index (χ1v) is 11.6. The van der Waals surface area contributed by atoms with Gasteiger partial charge < -0.3 is 4.90 Å². The summed E-state index contributed by atoms with van der Waals surface area (Å²) in [5.41, 5.74) is 5.55. The van der Waals surface area contributed by atoms with Crippen LogP contribution in [0.4, 0.5) is 11.5 Å². The Kier molecular flexibility index (Phi) is 4.91. The molecule has 0 atom stereocenters. The van der Waals surface area contributed by atoms with E-state index in [2.05, 4.69) is 63.5 Å². The van der Waals surface area contributed by atoms with Gasteiger partial charge in [0.25, 0.3) is 0 Å². The summed E-state index contributed by atoms with van der Waals surface area (Å²) in [6.45, 7) is 2.88. The van der Waals surface area contributed by atoms with Crippen molar-refractivity contribution in [2.45, 2.75) is 19.4 Å². The van der Waals surface area contributed by atoms with Crippen molar-refractivity contribution in [1.29, 1.82) is 0 Å². The van der Waals surface area contributed by atoms with E-state index >= 15 is 0 Å². The molecule has 0 bridgehead atoms. The van der Waals surface area contributed by atoms with Crippen molar-refractivity contribution in [3.8, 4) is 16.8 Å². The molecule has 166 valence electrons. The topological polar surface area (TPSA) is 44.3 Å². The molecule has 1 saturated heterocycles. The van der Waals surface area contributed by atoms with Crippen molar-refractivity contribution in [2.24, 2.45) is 0 Å². The van der Waals surface area contributed by atoms with Crippen molar-refractivity contribution < 1.29 is 4.68 Å². The molecule has 0 amide bonds. The number of hydrazine groups is 1. The number of anilines is 2. The molecule has 0 saturated carbocycles. The monoisotopic (exact) mass is 458 g/mol. The molecule has 1 fully saturated rings. The first-order valence-electron chi connectivity index (χ1n) is 11.2. The maximum Gasteiger partial charge on any atom is 0.250 e. The molecule has 33 heavy (non-hydrogen) atoms. The van der Waals surface area contributed by atoms with Crippen LogP contribution in [0.1, 0.15) is 18.4 Å². The summed E-state index contributed by atoms with van der Waals surface area (Å²) in [4.78, 5) is 13.5. The number of nitrogens with zero attached hydrogens (tertiary/aromatic N) is 7. The summed E-state index contributed by atoms with van der Waals surface area (Å²) >= 11 is 6.29. The first-order chi connectivity index (χ1) is 16.2. The van der Waals surface area contributed by atoms with Crippen LogP contribution >= 0.6 is 11.6 Å². The van der Waals surface area contributed by atoms with E-state index in [9.17, 15) is 0 Å². The third kappa shape index (κ3) is 3.58. The van der Waals surface area contributed by atoms with Crippen LogP contribution in [0.3, 0.4) is 0 Å². The van der Waals surface area contributed by atoms with Crippen LogP contribution in [0.5, 0.6) is 0 Å². The third-order valence-corrected chi connectivity index (χ3v) is 6.72. The Hall–Kier alpha value is -3.58. The van der Waals surface area contributed by atoms with Gasteiger partial charge in [0.05, 0.1) is 5.69 Å². The van der Waals surface area contributed by atoms with E-state index in [-0.39, 0.29) is 0 Å². The van der Waals surface area contributed by atoms with Gasteiger partial charge in [-0.1, -0.05) is 28.7 Å². The number of aromatic nitrogens is 4. The van der Waals surface area contributed by atoms with Crippen LogP contribution in [0.25, 0.3) is 16.8 Å². The summed E-state index contributed by atoms with van der Waals surface area (Å²) in [7, 11) is 2.06. The largest absolute Gasteiger partial charge is 0.357 e. The predicted octanol–water partition coefficient (Wildman–Crippen LogP) is 3.98. The molecule has 0 N–H and O–H groups in total. The van der Waals surface area contributed by atoms with Gasteiger partial charge in [-0.2, -0.15) is 0 Å². The fourth-order valence-corrected chi connectivity index (χ4v) is 4.88. The zero-order chi connectivity index (χ0) is 22.4. The predicted molar refractivity (Wildman–Crippen MR) is 130 cm³/mol. The van der Waals surface area contributed by atoms with Crippen molar-refractivity contribution in [1.82, 2.24) is 14.8 Å². The van der Waals surface area contributed by atoms with Crippen molar-refractivity contribution in [3.05, 3.63) is 84.0 Å². The fraction of sp³-hybridized carbons (Fsp3) is 0.240. The van der Waals surface area contributed by atoms with Crippen molar-refractivity contribution in [2.75, 3.05) is 35.2 Å². The Labute approximate surface area is 198 Å². The van der Waals surface area contributed by atoms with Gasteiger partial charge in [-0.25, -0.2) is 9.99 Å². The normalized spacial score (nSPS) is 14.8. The summed E-state index contributed by atoms with van der Waals surface area (Å²) in [6.07, 6.45) is 8.12. The van der Waals surface area contributed by atoms with Crippen molar-refractivity contribution in [3.63, 3.8) is 0 Å². The summed E-state index contributed by atoms with van der Waals surface area (Å²) < 4.78 is 2.02. The Bertz CT molecular complexity index is 1290. The second-order valence-electron chi connectivity index (χ2n) is 8.52. The van der Waals surface area contributed by atoms with Crippen LogP contribution < -0.4 is 19.7 Å². The molecule has 2 aromatic carbocycles. The average Bonchev–Trinajstić information content (AvgIpc) is 3.56. The van der Waals surface area contributed by atoms with Crippen LogP contribution in [0.15, 0.2) is 73.4 Å². The summed E-state index contributed by atoms with van der Waals surface area (Å²) in [5, 5.41) is 5.01. The number of pyridine rings is 1. The maximum absolute atomic E-state index is 6.29. The zero-order valence-corrected chi connectivity index (χ0v) is 19.2. The Balaban J connectivity index is 1.30. The van der Waals surface area contributed by atoms with Gasteiger partial charge in [0.2, 0.25) is 12.7 Å². The molecular formula is C25H25ClN7+. The highest BCUT2D eigenvalue weighted by Crippen LogP contribution is 2.28. The van der Waals surface area contributed by atoms with E-state index in [1.807, 2.05) is 46.5 Å². The number of rotatable bonds is 4. The Morgan fingerprint density at radius 1 is 1.00 bits per heavy atom. The van der Waals surface area contributed by atoms with Gasteiger partial charge in [-0.05, 0) is 65.7 Å². The standard InChI is InChI=1S/C25H25ClN7/c1-29(32-16-21-13-22(26)8-9-24(21)31-17-27-18-33(31)32)23-6-4-5-19(14-23)20-7-10-25(28-15-20)30-11-2-3-12-30/h4-10,13-15,17-18H,2-3,11-12,16H2,1H3/q+1. The molecule has 6 rings (SSSR count). The molecule has 0 unspecified atom stereocenters. The second kappa shape index (κ2) is 8.08.